The number of aromatic nitrogens is 2. The Kier molecular flexibility index (Phi) is 4.45. The summed E-state index contributed by atoms with van der Waals surface area (Å²) in [6, 6.07) is 2.99. The van der Waals surface area contributed by atoms with Crippen LogP contribution in [0.4, 0.5) is 10.1 Å². The normalized spacial score (nSPS) is 14.3. The Bertz CT molecular complexity index is 841. The first-order chi connectivity index (χ1) is 11.4. The van der Waals surface area contributed by atoms with Crippen molar-refractivity contribution in [1.82, 2.24) is 9.78 Å². The average Bonchev–Trinajstić information content (AvgIpc) is 2.77. The summed E-state index contributed by atoms with van der Waals surface area (Å²) in [5, 5.41) is 4.72. The molecule has 0 bridgehead atoms. The molecule has 2 aromatic rings. The van der Waals surface area contributed by atoms with Crippen LogP contribution in [0.15, 0.2) is 18.2 Å². The minimum Gasteiger partial charge on any atom is -0.308 e. The minimum absolute atomic E-state index is 0.134. The predicted molar refractivity (Wildman–Crippen MR) is 93.8 cm³/mol. The lowest BCUT2D eigenvalue weighted by molar-refractivity contribution is -0.114. The Morgan fingerprint density at radius 1 is 1.38 bits per heavy atom. The number of aryl methyl sites for hydroxylation is 4. The number of halogens is 2. The molecule has 3 rings (SSSR count). The number of hydrogen-bond acceptors (Lipinski definition) is 2. The van der Waals surface area contributed by atoms with Gasteiger partial charge in [0, 0.05) is 25.2 Å². The van der Waals surface area contributed by atoms with Gasteiger partial charge in [-0.1, -0.05) is 11.6 Å². The van der Waals surface area contributed by atoms with Gasteiger partial charge in [0.05, 0.1) is 11.4 Å². The molecule has 0 saturated carbocycles. The first-order valence-corrected chi connectivity index (χ1v) is 8.24. The van der Waals surface area contributed by atoms with Crippen LogP contribution in [0.2, 0.25) is 5.15 Å². The van der Waals surface area contributed by atoms with Gasteiger partial charge >= 0.3 is 0 Å². The predicted octanol–water partition coefficient (Wildman–Crippen LogP) is 3.82. The molecule has 0 spiro atoms. The van der Waals surface area contributed by atoms with Crippen molar-refractivity contribution in [3.8, 4) is 0 Å². The molecule has 1 aliphatic heterocycles. The zero-order valence-electron chi connectivity index (χ0n) is 13.9. The molecule has 1 amide bonds. The van der Waals surface area contributed by atoms with Crippen LogP contribution in [0.25, 0.3) is 6.08 Å². The van der Waals surface area contributed by atoms with E-state index in [2.05, 4.69) is 5.10 Å². The lowest BCUT2D eigenvalue weighted by atomic mass is 9.98. The molecule has 0 fully saturated rings. The summed E-state index contributed by atoms with van der Waals surface area (Å²) < 4.78 is 15.2. The summed E-state index contributed by atoms with van der Waals surface area (Å²) in [4.78, 5) is 14.4. The van der Waals surface area contributed by atoms with Crippen molar-refractivity contribution in [3.63, 3.8) is 0 Å². The largest absolute Gasteiger partial charge is 0.308 e. The zero-order chi connectivity index (χ0) is 17.4. The van der Waals surface area contributed by atoms with Gasteiger partial charge in [0.15, 0.2) is 0 Å². The second kappa shape index (κ2) is 6.40. The fourth-order valence-corrected chi connectivity index (χ4v) is 3.46. The third-order valence-corrected chi connectivity index (χ3v) is 4.74. The summed E-state index contributed by atoms with van der Waals surface area (Å²) in [7, 11) is 1.76. The SMILES string of the molecule is Cc1cc(F)cc2c1N(C(=O)/C=C/c1c(C)nn(C)c1Cl)CCC2. The number of carbonyl (C=O) groups excluding carboxylic acids is 1. The molecule has 24 heavy (non-hydrogen) atoms. The standard InChI is InChI=1S/C18H19ClFN3O/c1-11-9-14(20)10-13-5-4-8-23(17(11)13)16(24)7-6-15-12(2)21-22(3)18(15)19/h6-7,9-10H,4-5,8H2,1-3H3/b7-6+. The molecule has 1 aromatic heterocycles. The average molecular weight is 348 g/mol. The Hall–Kier alpha value is -2.14. The number of fused-ring (bicyclic) bond motifs is 1. The lowest BCUT2D eigenvalue weighted by Gasteiger charge is -2.30. The zero-order valence-corrected chi connectivity index (χ0v) is 14.7. The number of anilines is 1. The van der Waals surface area contributed by atoms with Crippen LogP contribution in [0.3, 0.4) is 0 Å². The molecule has 0 N–H and O–H groups in total. The molecule has 6 heteroatoms. The van der Waals surface area contributed by atoms with Gasteiger partial charge in [-0.2, -0.15) is 5.10 Å². The van der Waals surface area contributed by atoms with Gasteiger partial charge in [-0.3, -0.25) is 9.48 Å². The quantitative estimate of drug-likeness (QED) is 0.774. The molecule has 2 heterocycles. The van der Waals surface area contributed by atoms with E-state index in [4.69, 9.17) is 11.6 Å². The van der Waals surface area contributed by atoms with Crippen molar-refractivity contribution in [3.05, 3.63) is 51.6 Å². The van der Waals surface area contributed by atoms with Crippen molar-refractivity contribution >= 4 is 29.3 Å². The van der Waals surface area contributed by atoms with Crippen LogP contribution in [-0.4, -0.2) is 22.2 Å². The molecule has 126 valence electrons. The maximum absolute atomic E-state index is 13.6. The molecule has 0 aliphatic carbocycles. The molecule has 0 radical (unpaired) electrons. The van der Waals surface area contributed by atoms with Gasteiger partial charge in [0.25, 0.3) is 5.91 Å². The number of carbonyl (C=O) groups is 1. The maximum Gasteiger partial charge on any atom is 0.251 e. The molecule has 1 aliphatic rings. The number of benzene rings is 1. The highest BCUT2D eigenvalue weighted by Crippen LogP contribution is 2.32. The molecule has 0 saturated heterocycles. The summed E-state index contributed by atoms with van der Waals surface area (Å²) >= 11 is 6.19. The highest BCUT2D eigenvalue weighted by molar-refractivity contribution is 6.31. The number of rotatable bonds is 2. The van der Waals surface area contributed by atoms with Crippen molar-refractivity contribution in [2.24, 2.45) is 7.05 Å². The van der Waals surface area contributed by atoms with Crippen LogP contribution in [0, 0.1) is 19.7 Å². The van der Waals surface area contributed by atoms with Crippen LogP contribution in [0.5, 0.6) is 0 Å². The fourth-order valence-electron chi connectivity index (χ4n) is 3.22. The van der Waals surface area contributed by atoms with Gasteiger partial charge in [-0.25, -0.2) is 4.39 Å². The fraction of sp³-hybridized carbons (Fsp3) is 0.333. The van der Waals surface area contributed by atoms with Gasteiger partial charge in [-0.15, -0.1) is 0 Å². The van der Waals surface area contributed by atoms with Crippen molar-refractivity contribution in [1.29, 1.82) is 0 Å². The van der Waals surface area contributed by atoms with Crippen molar-refractivity contribution < 1.29 is 9.18 Å². The molecular formula is C18H19ClFN3O. The van der Waals surface area contributed by atoms with E-state index in [0.29, 0.717) is 11.7 Å². The third kappa shape index (κ3) is 2.96. The highest BCUT2D eigenvalue weighted by atomic mass is 35.5. The number of nitrogens with zero attached hydrogens (tertiary/aromatic N) is 3. The first-order valence-electron chi connectivity index (χ1n) is 7.86. The van der Waals surface area contributed by atoms with E-state index in [1.165, 1.54) is 18.2 Å². The van der Waals surface area contributed by atoms with E-state index in [0.717, 1.165) is 40.9 Å². The summed E-state index contributed by atoms with van der Waals surface area (Å²) in [6.45, 7) is 4.31. The van der Waals surface area contributed by atoms with Gasteiger partial charge in [0.1, 0.15) is 11.0 Å². The smallest absolute Gasteiger partial charge is 0.251 e. The lowest BCUT2D eigenvalue weighted by Crippen LogP contribution is -2.35. The van der Waals surface area contributed by atoms with Crippen molar-refractivity contribution in [2.45, 2.75) is 26.7 Å². The number of amides is 1. The molecule has 0 atom stereocenters. The van der Waals surface area contributed by atoms with E-state index in [9.17, 15) is 9.18 Å². The Morgan fingerprint density at radius 3 is 2.79 bits per heavy atom. The third-order valence-electron chi connectivity index (χ3n) is 4.30. The van der Waals surface area contributed by atoms with Crippen LogP contribution < -0.4 is 4.90 Å². The van der Waals surface area contributed by atoms with E-state index < -0.39 is 0 Å². The van der Waals surface area contributed by atoms with Crippen LogP contribution >= 0.6 is 11.6 Å². The summed E-state index contributed by atoms with van der Waals surface area (Å²) in [5.41, 5.74) is 3.99. The minimum atomic E-state index is -0.256. The molecule has 4 nitrogen and oxygen atoms in total. The Balaban J connectivity index is 1.91. The van der Waals surface area contributed by atoms with Crippen LogP contribution in [0.1, 0.15) is 28.8 Å². The molecule has 1 aromatic carbocycles. The van der Waals surface area contributed by atoms with Gasteiger partial charge in [-0.05, 0) is 56.0 Å². The monoisotopic (exact) mass is 347 g/mol. The van der Waals surface area contributed by atoms with Gasteiger partial charge in [0.2, 0.25) is 0 Å². The first kappa shape index (κ1) is 16.7. The summed E-state index contributed by atoms with van der Waals surface area (Å²) in [5.74, 6) is -0.390. The molecule has 0 unspecified atom stereocenters. The van der Waals surface area contributed by atoms with E-state index in [1.807, 2.05) is 13.8 Å². The molecular weight excluding hydrogens is 329 g/mol. The number of hydrogen-bond donors (Lipinski definition) is 0. The summed E-state index contributed by atoms with van der Waals surface area (Å²) in [6.07, 6.45) is 4.81. The van der Waals surface area contributed by atoms with E-state index in [-0.39, 0.29) is 11.7 Å². The van der Waals surface area contributed by atoms with E-state index in [1.54, 1.807) is 22.7 Å². The second-order valence-electron chi connectivity index (χ2n) is 6.07. The topological polar surface area (TPSA) is 38.1 Å². The van der Waals surface area contributed by atoms with Crippen LogP contribution in [-0.2, 0) is 18.3 Å². The van der Waals surface area contributed by atoms with Crippen molar-refractivity contribution in [2.75, 3.05) is 11.4 Å². The maximum atomic E-state index is 13.6. The Morgan fingerprint density at radius 2 is 2.12 bits per heavy atom. The highest BCUT2D eigenvalue weighted by Gasteiger charge is 2.23. The second-order valence-corrected chi connectivity index (χ2v) is 6.43. The Labute approximate surface area is 145 Å². The van der Waals surface area contributed by atoms with E-state index >= 15 is 0 Å². The van der Waals surface area contributed by atoms with Gasteiger partial charge < -0.3 is 4.90 Å².